The Morgan fingerprint density at radius 2 is 0.414 bits per heavy atom. The third-order valence-corrected chi connectivity index (χ3v) is 28.3. The van der Waals surface area contributed by atoms with Gasteiger partial charge in [-0.3, -0.25) is 0 Å². The molecule has 2 aliphatic carbocycles. The minimum Gasteiger partial charge on any atom is -0.247 e. The van der Waals surface area contributed by atoms with Gasteiger partial charge in [-0.25, -0.2) is 39.9 Å². The number of aromatic nitrogens is 8. The number of para-hydroxylation sites is 2. The number of fused-ring (bicyclic) bond motifs is 24. The Morgan fingerprint density at radius 1 is 0.148 bits per heavy atom. The molecular formula is C118H72N8S2. The first-order valence-corrected chi connectivity index (χ1v) is 44.9. The summed E-state index contributed by atoms with van der Waals surface area (Å²) in [5.41, 5.74) is 30.8. The first kappa shape index (κ1) is 74.6. The first-order chi connectivity index (χ1) is 63.4. The molecule has 128 heavy (non-hydrogen) atoms. The third-order valence-electron chi connectivity index (χ3n) is 26.0. The molecule has 2 aliphatic heterocycles. The number of benzene rings is 18. The van der Waals surface area contributed by atoms with E-state index in [2.05, 4.69) is 340 Å². The summed E-state index contributed by atoms with van der Waals surface area (Å²) < 4.78 is 0. The van der Waals surface area contributed by atoms with Crippen LogP contribution in [-0.2, 0) is 10.8 Å². The monoisotopic (exact) mass is 1660 g/mol. The zero-order chi connectivity index (χ0) is 84.4. The van der Waals surface area contributed by atoms with Crippen molar-refractivity contribution in [1.29, 1.82) is 0 Å². The van der Waals surface area contributed by atoms with Crippen LogP contribution in [0.15, 0.2) is 456 Å². The van der Waals surface area contributed by atoms with E-state index in [0.29, 0.717) is 34.9 Å². The minimum atomic E-state index is -0.463. The van der Waals surface area contributed by atoms with Gasteiger partial charge in [0.25, 0.3) is 0 Å². The van der Waals surface area contributed by atoms with E-state index in [4.69, 9.17) is 39.9 Å². The molecule has 0 amide bonds. The van der Waals surface area contributed by atoms with Gasteiger partial charge in [0.15, 0.2) is 34.9 Å². The van der Waals surface area contributed by atoms with Crippen molar-refractivity contribution in [3.63, 3.8) is 0 Å². The predicted molar refractivity (Wildman–Crippen MR) is 522 cm³/mol. The van der Waals surface area contributed by atoms with E-state index >= 15 is 0 Å². The average molecular weight is 1670 g/mol. The van der Waals surface area contributed by atoms with Gasteiger partial charge in [0.05, 0.1) is 33.3 Å². The van der Waals surface area contributed by atoms with Gasteiger partial charge in [-0.05, 0) is 167 Å². The van der Waals surface area contributed by atoms with Crippen LogP contribution in [0.5, 0.6) is 0 Å². The summed E-state index contributed by atoms with van der Waals surface area (Å²) in [5, 5.41) is 6.97. The van der Waals surface area contributed by atoms with Crippen LogP contribution in [-0.4, -0.2) is 39.9 Å². The highest BCUT2D eigenvalue weighted by Crippen LogP contribution is 2.65. The van der Waals surface area contributed by atoms with E-state index in [1.165, 1.54) is 97.1 Å². The van der Waals surface area contributed by atoms with Crippen LogP contribution >= 0.6 is 23.5 Å². The number of hydrogen-bond donors (Lipinski definition) is 0. The van der Waals surface area contributed by atoms with Gasteiger partial charge >= 0.3 is 0 Å². The number of rotatable bonds is 10. The first-order valence-electron chi connectivity index (χ1n) is 43.3. The van der Waals surface area contributed by atoms with Crippen molar-refractivity contribution in [2.75, 3.05) is 0 Å². The SMILES string of the molecule is c1ccc(-c2cccc(-c3nc(-c4ccccc4)nc(-c4ccc(-c5nc6ccccc6c6cc7c(cc56)-c5ccccc5C75c6ccccc6Sc6ccccc65)cc4)n3)c2)cc1.c1ccc(-c2nc(-c3ccccc3)nc(-c3ccc(-c4ccc(-c5nc6ccccc6c6cc7c(cc56)-c5ccccc5C75c6ccccc6Sc6ccccc65)cc4)cc3)n2)cc1. The molecule has 6 heterocycles. The molecule has 2 spiro atoms. The van der Waals surface area contributed by atoms with Crippen LogP contribution in [0.25, 0.3) is 179 Å². The van der Waals surface area contributed by atoms with Gasteiger partial charge in [-0.2, -0.15) is 0 Å². The molecule has 0 saturated carbocycles. The summed E-state index contributed by atoms with van der Waals surface area (Å²) in [6, 6.07) is 156. The fourth-order valence-electron chi connectivity index (χ4n) is 20.2. The van der Waals surface area contributed by atoms with Crippen LogP contribution in [0.4, 0.5) is 0 Å². The quantitative estimate of drug-likeness (QED) is 0.123. The molecule has 10 heteroatoms. The van der Waals surface area contributed by atoms with Gasteiger partial charge in [-0.1, -0.05) is 394 Å². The van der Waals surface area contributed by atoms with Gasteiger partial charge in [-0.15, -0.1) is 0 Å². The second-order valence-corrected chi connectivity index (χ2v) is 35.2. The van der Waals surface area contributed by atoms with Crippen LogP contribution in [0.3, 0.4) is 0 Å². The van der Waals surface area contributed by atoms with E-state index in [9.17, 15) is 0 Å². The highest BCUT2D eigenvalue weighted by molar-refractivity contribution is 7.99. The van der Waals surface area contributed by atoms with Gasteiger partial charge < -0.3 is 0 Å². The van der Waals surface area contributed by atoms with Crippen molar-refractivity contribution < 1.29 is 0 Å². The molecule has 4 aromatic heterocycles. The minimum absolute atomic E-state index is 0.446. The van der Waals surface area contributed by atoms with Crippen molar-refractivity contribution in [3.8, 4) is 135 Å². The van der Waals surface area contributed by atoms with Crippen molar-refractivity contribution in [2.45, 2.75) is 30.4 Å². The molecule has 4 aliphatic rings. The third kappa shape index (κ3) is 12.2. The highest BCUT2D eigenvalue weighted by atomic mass is 32.2. The molecule has 0 atom stereocenters. The molecule has 0 bridgehead atoms. The summed E-state index contributed by atoms with van der Waals surface area (Å²) in [7, 11) is 0. The van der Waals surface area contributed by atoms with Crippen molar-refractivity contribution >= 4 is 66.9 Å². The normalized spacial score (nSPS) is 13.1. The Balaban J connectivity index is 0.000000139. The maximum absolute atomic E-state index is 5.43. The summed E-state index contributed by atoms with van der Waals surface area (Å²) >= 11 is 3.75. The molecule has 22 aromatic rings. The maximum atomic E-state index is 5.43. The fraction of sp³-hybridized carbons (Fsp3) is 0.0169. The lowest BCUT2D eigenvalue weighted by atomic mass is 9.67. The summed E-state index contributed by atoms with van der Waals surface area (Å²) in [6.45, 7) is 0. The Morgan fingerprint density at radius 3 is 0.789 bits per heavy atom. The molecule has 0 N–H and O–H groups in total. The zero-order valence-electron chi connectivity index (χ0n) is 69.0. The highest BCUT2D eigenvalue weighted by Gasteiger charge is 2.52. The van der Waals surface area contributed by atoms with E-state index < -0.39 is 10.8 Å². The maximum Gasteiger partial charge on any atom is 0.164 e. The summed E-state index contributed by atoms with van der Waals surface area (Å²) in [5.74, 6) is 3.81. The van der Waals surface area contributed by atoms with Crippen LogP contribution in [0, 0.1) is 0 Å². The smallest absolute Gasteiger partial charge is 0.164 e. The van der Waals surface area contributed by atoms with Crippen molar-refractivity contribution in [3.05, 3.63) is 481 Å². The molecule has 0 radical (unpaired) electrons. The van der Waals surface area contributed by atoms with Gasteiger partial charge in [0.1, 0.15) is 0 Å². The topological polar surface area (TPSA) is 103 Å². The molecule has 18 aromatic carbocycles. The van der Waals surface area contributed by atoms with Gasteiger partial charge in [0, 0.05) is 85.6 Å². The summed E-state index contributed by atoms with van der Waals surface area (Å²) in [4.78, 5) is 46.0. The lowest BCUT2D eigenvalue weighted by Crippen LogP contribution is -2.31. The number of hydrogen-bond acceptors (Lipinski definition) is 10. The molecule has 8 nitrogen and oxygen atoms in total. The number of pyridine rings is 2. The molecule has 0 saturated heterocycles. The largest absolute Gasteiger partial charge is 0.247 e. The Hall–Kier alpha value is -16.0. The van der Waals surface area contributed by atoms with Crippen LogP contribution in [0.2, 0.25) is 0 Å². The molecule has 596 valence electrons. The summed E-state index contributed by atoms with van der Waals surface area (Å²) in [6.07, 6.45) is 0. The van der Waals surface area contributed by atoms with E-state index in [-0.39, 0.29) is 0 Å². The Bertz CT molecular complexity index is 8090. The molecule has 0 fully saturated rings. The fourth-order valence-corrected chi connectivity index (χ4v) is 22.6. The van der Waals surface area contributed by atoms with E-state index in [1.807, 2.05) is 121 Å². The zero-order valence-corrected chi connectivity index (χ0v) is 70.6. The Kier molecular flexibility index (Phi) is 17.8. The number of nitrogens with zero attached hydrogens (tertiary/aromatic N) is 8. The van der Waals surface area contributed by atoms with E-state index in [1.54, 1.807) is 0 Å². The lowest BCUT2D eigenvalue weighted by molar-refractivity contribution is 0.723. The standard InChI is InChI=1S/2C59H36N4S/c1-3-16-37(17-4-1)41-20-15-21-42(34-41)58-62-56(39-18-5-2-6-19-39)61-57(63-58)40-32-30-38(31-33-40)55-47-35-46-43-22-7-9-24-48(43)59(51(46)36-45(47)44-23-8-12-27-52(44)60-55)49-25-10-13-28-53(49)64-54-29-14-11-26-50(54)59;1-3-15-40(16-4-1)56-61-57(41-17-5-2-6-18-41)63-58(62-56)42-33-29-38(30-34-42)37-27-31-39(32-28-37)55-47-35-46-43-19-7-9-21-48(43)59(51(46)36-45(47)44-20-8-12-24-52(44)60-55)49-22-10-13-25-53(49)64-54-26-14-11-23-50(54)59/h2*1-36H. The molecular weight excluding hydrogens is 1590 g/mol. The molecule has 26 rings (SSSR count). The lowest BCUT2D eigenvalue weighted by Gasteiger charge is -2.39. The predicted octanol–water partition coefficient (Wildman–Crippen LogP) is 29.5. The second-order valence-electron chi connectivity index (χ2n) is 33.0. The second kappa shape index (κ2) is 30.5. The van der Waals surface area contributed by atoms with Crippen molar-refractivity contribution in [1.82, 2.24) is 39.9 Å². The van der Waals surface area contributed by atoms with Crippen LogP contribution < -0.4 is 0 Å². The van der Waals surface area contributed by atoms with Crippen molar-refractivity contribution in [2.24, 2.45) is 0 Å². The molecule has 0 unspecified atom stereocenters. The van der Waals surface area contributed by atoms with Crippen LogP contribution in [0.1, 0.15) is 44.5 Å². The average Bonchev–Trinajstić information content (AvgIpc) is 1.52. The van der Waals surface area contributed by atoms with E-state index in [0.717, 1.165) is 111 Å². The van der Waals surface area contributed by atoms with Gasteiger partial charge in [0.2, 0.25) is 0 Å². The Labute approximate surface area is 748 Å².